The first-order valence-corrected chi connectivity index (χ1v) is 8.06. The molecule has 23 heavy (non-hydrogen) atoms. The van der Waals surface area contributed by atoms with Crippen LogP contribution in [0.15, 0.2) is 18.2 Å². The maximum atomic E-state index is 3.74. The molecule has 4 rings (SSSR count). The normalized spacial score (nSPS) is 12.6. The molecule has 2 aromatic carbocycles. The van der Waals surface area contributed by atoms with Crippen LogP contribution in [0.4, 0.5) is 17.1 Å². The molecule has 1 N–H and O–H groups in total. The average Bonchev–Trinajstić information content (AvgIpc) is 3.16. The molecule has 0 fully saturated rings. The number of aromatic amines is 1. The van der Waals surface area contributed by atoms with E-state index < -0.39 is 0 Å². The molecular formula is C19H24N4. The average molecular weight is 308 g/mol. The van der Waals surface area contributed by atoms with E-state index in [0.717, 1.165) is 6.42 Å². The number of nitrogens with zero attached hydrogens (tertiary/aromatic N) is 3. The SMILES string of the molecule is CN(C)c1c2c(c3c([nH]c4c(N(C)C)cccc43)c1N(C)C)C2. The quantitative estimate of drug-likeness (QED) is 0.587. The van der Waals surface area contributed by atoms with Crippen molar-refractivity contribution in [3.8, 4) is 0 Å². The van der Waals surface area contributed by atoms with Crippen molar-refractivity contribution < 1.29 is 0 Å². The van der Waals surface area contributed by atoms with Crippen molar-refractivity contribution in [3.05, 3.63) is 29.3 Å². The molecule has 1 aliphatic carbocycles. The van der Waals surface area contributed by atoms with Crippen molar-refractivity contribution in [1.82, 2.24) is 4.98 Å². The van der Waals surface area contributed by atoms with Crippen molar-refractivity contribution >= 4 is 38.9 Å². The maximum Gasteiger partial charge on any atom is 0.0847 e. The molecule has 0 radical (unpaired) electrons. The second-order valence-corrected chi connectivity index (χ2v) is 7.09. The van der Waals surface area contributed by atoms with Crippen molar-refractivity contribution in [2.24, 2.45) is 0 Å². The second-order valence-electron chi connectivity index (χ2n) is 7.09. The Kier molecular flexibility index (Phi) is 2.83. The number of H-pyrrole nitrogens is 1. The smallest absolute Gasteiger partial charge is 0.0847 e. The van der Waals surface area contributed by atoms with E-state index in [9.17, 15) is 0 Å². The van der Waals surface area contributed by atoms with Gasteiger partial charge in [-0.2, -0.15) is 0 Å². The number of rotatable bonds is 3. The summed E-state index contributed by atoms with van der Waals surface area (Å²) in [6, 6.07) is 6.59. The molecule has 0 atom stereocenters. The van der Waals surface area contributed by atoms with Crippen LogP contribution < -0.4 is 14.7 Å². The van der Waals surface area contributed by atoms with Crippen LogP contribution in [-0.4, -0.2) is 47.3 Å². The molecule has 1 heterocycles. The van der Waals surface area contributed by atoms with E-state index in [1.165, 1.54) is 50.0 Å². The van der Waals surface area contributed by atoms with Crippen LogP contribution in [0.5, 0.6) is 0 Å². The molecule has 0 unspecified atom stereocenters. The Hall–Kier alpha value is -2.36. The zero-order valence-corrected chi connectivity index (χ0v) is 14.8. The van der Waals surface area contributed by atoms with E-state index in [0.29, 0.717) is 0 Å². The van der Waals surface area contributed by atoms with Gasteiger partial charge in [-0.1, -0.05) is 12.1 Å². The van der Waals surface area contributed by atoms with E-state index in [-0.39, 0.29) is 0 Å². The van der Waals surface area contributed by atoms with E-state index in [2.05, 4.69) is 80.2 Å². The Morgan fingerprint density at radius 2 is 1.48 bits per heavy atom. The molecule has 0 bridgehead atoms. The van der Waals surface area contributed by atoms with Gasteiger partial charge in [0.25, 0.3) is 0 Å². The van der Waals surface area contributed by atoms with Crippen LogP contribution in [0.25, 0.3) is 21.8 Å². The van der Waals surface area contributed by atoms with Crippen LogP contribution in [-0.2, 0) is 6.42 Å². The zero-order valence-electron chi connectivity index (χ0n) is 14.8. The minimum Gasteiger partial charge on any atom is -0.376 e. The molecule has 1 aromatic heterocycles. The van der Waals surface area contributed by atoms with Gasteiger partial charge < -0.3 is 19.7 Å². The Labute approximate surface area is 137 Å². The monoisotopic (exact) mass is 308 g/mol. The standard InChI is InChI=1S/C19H24N4/c1-21(2)14-9-7-8-11-15-12-10-13(12)18(22(3)4)19(23(5)6)17(15)20-16(11)14/h7-9,20H,10H2,1-6H3. The molecule has 3 aromatic rings. The first-order chi connectivity index (χ1) is 10.9. The Balaban J connectivity index is 2.19. The van der Waals surface area contributed by atoms with Gasteiger partial charge in [-0.15, -0.1) is 0 Å². The molecule has 0 spiro atoms. The first kappa shape index (κ1) is 14.2. The summed E-state index contributed by atoms with van der Waals surface area (Å²) in [5.41, 5.74) is 9.40. The van der Waals surface area contributed by atoms with E-state index in [1.54, 1.807) is 0 Å². The lowest BCUT2D eigenvalue weighted by Crippen LogP contribution is -2.17. The van der Waals surface area contributed by atoms with Crippen LogP contribution in [0, 0.1) is 0 Å². The van der Waals surface area contributed by atoms with Gasteiger partial charge >= 0.3 is 0 Å². The summed E-state index contributed by atoms with van der Waals surface area (Å²) in [7, 11) is 12.7. The number of hydrogen-bond donors (Lipinski definition) is 1. The topological polar surface area (TPSA) is 25.5 Å². The number of anilines is 3. The summed E-state index contributed by atoms with van der Waals surface area (Å²) in [5.74, 6) is 0. The molecule has 4 heteroatoms. The number of para-hydroxylation sites is 1. The summed E-state index contributed by atoms with van der Waals surface area (Å²) in [6.45, 7) is 0. The van der Waals surface area contributed by atoms with E-state index in [1.807, 2.05) is 0 Å². The number of fused-ring (bicyclic) bond motifs is 5. The fraction of sp³-hybridized carbons (Fsp3) is 0.368. The van der Waals surface area contributed by atoms with Gasteiger partial charge in [0, 0.05) is 59.5 Å². The summed E-state index contributed by atoms with van der Waals surface area (Å²) in [5, 5.41) is 2.75. The highest BCUT2D eigenvalue weighted by atomic mass is 15.2. The molecule has 0 aliphatic heterocycles. The summed E-state index contributed by atoms with van der Waals surface area (Å²) >= 11 is 0. The lowest BCUT2D eigenvalue weighted by molar-refractivity contribution is 1.08. The Morgan fingerprint density at radius 3 is 2.09 bits per heavy atom. The van der Waals surface area contributed by atoms with E-state index in [4.69, 9.17) is 0 Å². The lowest BCUT2D eigenvalue weighted by atomic mass is 10.1. The highest BCUT2D eigenvalue weighted by Gasteiger charge is 2.32. The number of nitrogens with one attached hydrogen (secondary N) is 1. The molecule has 0 amide bonds. The summed E-state index contributed by atoms with van der Waals surface area (Å²) in [4.78, 5) is 10.4. The van der Waals surface area contributed by atoms with Crippen LogP contribution >= 0.6 is 0 Å². The van der Waals surface area contributed by atoms with Crippen molar-refractivity contribution in [1.29, 1.82) is 0 Å². The van der Waals surface area contributed by atoms with Gasteiger partial charge in [0.1, 0.15) is 0 Å². The van der Waals surface area contributed by atoms with Crippen molar-refractivity contribution in [3.63, 3.8) is 0 Å². The fourth-order valence-corrected chi connectivity index (χ4v) is 3.84. The summed E-state index contributed by atoms with van der Waals surface area (Å²) in [6.07, 6.45) is 1.11. The largest absolute Gasteiger partial charge is 0.376 e. The third kappa shape index (κ3) is 1.84. The molecule has 4 nitrogen and oxygen atoms in total. The third-order valence-electron chi connectivity index (χ3n) is 4.83. The summed E-state index contributed by atoms with van der Waals surface area (Å²) < 4.78 is 0. The number of aromatic nitrogens is 1. The Morgan fingerprint density at radius 1 is 0.783 bits per heavy atom. The van der Waals surface area contributed by atoms with Gasteiger partial charge in [-0.25, -0.2) is 0 Å². The predicted octanol–water partition coefficient (Wildman–Crippen LogP) is 3.42. The number of benzene rings is 2. The van der Waals surface area contributed by atoms with E-state index >= 15 is 0 Å². The zero-order chi connectivity index (χ0) is 16.5. The highest BCUT2D eigenvalue weighted by Crippen LogP contribution is 2.52. The highest BCUT2D eigenvalue weighted by molar-refractivity contribution is 6.20. The van der Waals surface area contributed by atoms with Crippen LogP contribution in [0.2, 0.25) is 0 Å². The predicted molar refractivity (Wildman–Crippen MR) is 102 cm³/mol. The molecule has 0 saturated carbocycles. The van der Waals surface area contributed by atoms with Crippen LogP contribution in [0.3, 0.4) is 0 Å². The molecule has 120 valence electrons. The third-order valence-corrected chi connectivity index (χ3v) is 4.83. The van der Waals surface area contributed by atoms with Gasteiger partial charge in [0.05, 0.1) is 28.1 Å². The van der Waals surface area contributed by atoms with Crippen molar-refractivity contribution in [2.45, 2.75) is 6.42 Å². The lowest BCUT2D eigenvalue weighted by Gasteiger charge is -2.23. The first-order valence-electron chi connectivity index (χ1n) is 8.06. The number of hydrogen-bond acceptors (Lipinski definition) is 3. The minimum atomic E-state index is 1.11. The molecule has 0 saturated heterocycles. The second kappa shape index (κ2) is 4.57. The molecule has 1 aliphatic rings. The van der Waals surface area contributed by atoms with Crippen LogP contribution in [0.1, 0.15) is 11.1 Å². The fourth-order valence-electron chi connectivity index (χ4n) is 3.84. The minimum absolute atomic E-state index is 1.11. The Bertz CT molecular complexity index is 932. The van der Waals surface area contributed by atoms with Gasteiger partial charge in [-0.05, 0) is 17.2 Å². The molecular weight excluding hydrogens is 284 g/mol. The maximum absolute atomic E-state index is 3.74. The van der Waals surface area contributed by atoms with Gasteiger partial charge in [0.15, 0.2) is 0 Å². The van der Waals surface area contributed by atoms with Gasteiger partial charge in [-0.3, -0.25) is 0 Å². The van der Waals surface area contributed by atoms with Crippen molar-refractivity contribution in [2.75, 3.05) is 57.0 Å². The van der Waals surface area contributed by atoms with Gasteiger partial charge in [0.2, 0.25) is 0 Å².